The van der Waals surface area contributed by atoms with E-state index >= 15 is 0 Å². The van der Waals surface area contributed by atoms with Crippen molar-refractivity contribution in [3.05, 3.63) is 46.4 Å². The maximum atomic E-state index is 12.6. The molecule has 1 amide bonds. The molecule has 2 aromatic carbocycles. The third kappa shape index (κ3) is 10.1. The molecule has 0 aliphatic heterocycles. The normalized spacial score (nSPS) is 11.8. The fraction of sp³-hybridized carbons (Fsp3) is 0.406. The zero-order chi connectivity index (χ0) is 32.9. The maximum Gasteiger partial charge on any atom is 0.306 e. The summed E-state index contributed by atoms with van der Waals surface area (Å²) in [6.45, 7) is 10.3. The Morgan fingerprint density at radius 3 is 1.69 bits per heavy atom. The van der Waals surface area contributed by atoms with Crippen molar-refractivity contribution in [3.8, 4) is 5.75 Å². The van der Waals surface area contributed by atoms with Crippen LogP contribution in [-0.4, -0.2) is 57.2 Å². The fourth-order valence-electron chi connectivity index (χ4n) is 4.01. The van der Waals surface area contributed by atoms with Crippen LogP contribution in [0.5, 0.6) is 5.75 Å². The SMILES string of the molecule is CC(C)(C)OC(=O)CCC(=O)c1nc2ccc(NC(=O)COc3ccc4nc(C(=O)CCC(=O)OC(C)(C)C)sc4c3)cc2s1. The standard InChI is InChI=1S/C32H35N3O8S2/c1-31(2,3)42-27(39)13-11-22(36)29-34-20-9-7-18(15-24(20)44-29)33-26(38)17-41-19-8-10-21-25(16-19)45-30(35-21)23(37)12-14-28(40)43-32(4,5)6/h7-10,15-16H,11-14,17H2,1-6H3,(H,33,38). The first-order valence-electron chi connectivity index (χ1n) is 14.3. The molecule has 0 saturated carbocycles. The van der Waals surface area contributed by atoms with E-state index in [0.29, 0.717) is 31.9 Å². The van der Waals surface area contributed by atoms with Gasteiger partial charge in [0.15, 0.2) is 28.2 Å². The number of anilines is 1. The van der Waals surface area contributed by atoms with Gasteiger partial charge in [0.05, 0.1) is 33.3 Å². The summed E-state index contributed by atoms with van der Waals surface area (Å²) >= 11 is 2.37. The van der Waals surface area contributed by atoms with Crippen molar-refractivity contribution in [3.63, 3.8) is 0 Å². The lowest BCUT2D eigenvalue weighted by Gasteiger charge is -2.19. The Morgan fingerprint density at radius 1 is 0.689 bits per heavy atom. The molecular formula is C32H35N3O8S2. The molecule has 2 aromatic heterocycles. The minimum absolute atomic E-state index is 0.00267. The first-order valence-corrected chi connectivity index (χ1v) is 15.9. The second-order valence-corrected chi connectivity index (χ2v) is 14.3. The number of amides is 1. The highest BCUT2D eigenvalue weighted by Gasteiger charge is 2.21. The Kier molecular flexibility index (Phi) is 10.3. The highest BCUT2D eigenvalue weighted by atomic mass is 32.1. The first-order chi connectivity index (χ1) is 21.0. The van der Waals surface area contributed by atoms with Gasteiger partial charge in [0.1, 0.15) is 17.0 Å². The van der Waals surface area contributed by atoms with Gasteiger partial charge in [-0.2, -0.15) is 0 Å². The number of hydrogen-bond donors (Lipinski definition) is 1. The Bertz CT molecular complexity index is 1760. The molecule has 0 bridgehead atoms. The molecule has 0 aliphatic rings. The van der Waals surface area contributed by atoms with Crippen molar-refractivity contribution in [2.45, 2.75) is 78.4 Å². The monoisotopic (exact) mass is 653 g/mol. The number of carbonyl (C=O) groups is 5. The number of benzene rings is 2. The molecule has 1 N–H and O–H groups in total. The fourth-order valence-corrected chi connectivity index (χ4v) is 5.95. The van der Waals surface area contributed by atoms with E-state index in [0.717, 1.165) is 0 Å². The minimum Gasteiger partial charge on any atom is -0.484 e. The molecule has 0 spiro atoms. The molecule has 4 rings (SSSR count). The van der Waals surface area contributed by atoms with Crippen molar-refractivity contribution >= 4 is 78.2 Å². The number of nitrogens with one attached hydrogen (secondary N) is 1. The van der Waals surface area contributed by atoms with E-state index in [1.54, 1.807) is 77.9 Å². The van der Waals surface area contributed by atoms with Crippen LogP contribution in [0.2, 0.25) is 0 Å². The van der Waals surface area contributed by atoms with Gasteiger partial charge in [-0.3, -0.25) is 24.0 Å². The lowest BCUT2D eigenvalue weighted by molar-refractivity contribution is -0.155. The Morgan fingerprint density at radius 2 is 1.18 bits per heavy atom. The summed E-state index contributed by atoms with van der Waals surface area (Å²) in [5.41, 5.74) is 0.500. The van der Waals surface area contributed by atoms with Gasteiger partial charge in [-0.25, -0.2) is 9.97 Å². The number of ketones is 2. The van der Waals surface area contributed by atoms with Crippen LogP contribution >= 0.6 is 22.7 Å². The zero-order valence-electron chi connectivity index (χ0n) is 26.0. The predicted molar refractivity (Wildman–Crippen MR) is 172 cm³/mol. The molecule has 11 nitrogen and oxygen atoms in total. The largest absolute Gasteiger partial charge is 0.484 e. The molecule has 238 valence electrons. The zero-order valence-corrected chi connectivity index (χ0v) is 27.6. The van der Waals surface area contributed by atoms with E-state index in [1.807, 2.05) is 0 Å². The highest BCUT2D eigenvalue weighted by Crippen LogP contribution is 2.29. The van der Waals surface area contributed by atoms with Gasteiger partial charge in [0.25, 0.3) is 5.91 Å². The summed E-state index contributed by atoms with van der Waals surface area (Å²) in [6, 6.07) is 10.2. The first kappa shape index (κ1) is 33.7. The van der Waals surface area contributed by atoms with Crippen LogP contribution in [0.1, 0.15) is 86.8 Å². The van der Waals surface area contributed by atoms with Crippen molar-refractivity contribution in [2.75, 3.05) is 11.9 Å². The van der Waals surface area contributed by atoms with Crippen LogP contribution in [0.25, 0.3) is 20.4 Å². The predicted octanol–water partition coefficient (Wildman–Crippen LogP) is 6.53. The number of Topliss-reactive ketones (excluding diaryl/α,β-unsaturated/α-hetero) is 2. The number of nitrogens with zero attached hydrogens (tertiary/aromatic N) is 2. The molecule has 0 radical (unpaired) electrons. The van der Waals surface area contributed by atoms with Crippen LogP contribution in [-0.2, 0) is 23.9 Å². The number of fused-ring (bicyclic) bond motifs is 2. The van der Waals surface area contributed by atoms with Crippen molar-refractivity contribution in [2.24, 2.45) is 0 Å². The Balaban J connectivity index is 1.29. The van der Waals surface area contributed by atoms with Crippen molar-refractivity contribution in [1.82, 2.24) is 9.97 Å². The number of hydrogen-bond acceptors (Lipinski definition) is 12. The van der Waals surface area contributed by atoms with Gasteiger partial charge in [-0.15, -0.1) is 22.7 Å². The number of esters is 2. The highest BCUT2D eigenvalue weighted by molar-refractivity contribution is 7.20. The molecule has 4 aromatic rings. The van der Waals surface area contributed by atoms with Crippen molar-refractivity contribution < 1.29 is 38.2 Å². The van der Waals surface area contributed by atoms with E-state index in [9.17, 15) is 24.0 Å². The third-order valence-electron chi connectivity index (χ3n) is 5.83. The van der Waals surface area contributed by atoms with Gasteiger partial charge in [0, 0.05) is 18.5 Å². The van der Waals surface area contributed by atoms with Crippen LogP contribution in [0.3, 0.4) is 0 Å². The molecule has 0 unspecified atom stereocenters. The van der Waals surface area contributed by atoms with Crippen LogP contribution in [0.15, 0.2) is 36.4 Å². The minimum atomic E-state index is -0.616. The van der Waals surface area contributed by atoms with Gasteiger partial charge >= 0.3 is 11.9 Å². The van der Waals surface area contributed by atoms with E-state index in [4.69, 9.17) is 14.2 Å². The van der Waals surface area contributed by atoms with Crippen molar-refractivity contribution in [1.29, 1.82) is 0 Å². The van der Waals surface area contributed by atoms with Gasteiger partial charge in [0.2, 0.25) is 0 Å². The Hall–Kier alpha value is -4.23. The van der Waals surface area contributed by atoms with Crippen LogP contribution in [0.4, 0.5) is 5.69 Å². The lowest BCUT2D eigenvalue weighted by atomic mass is 10.2. The summed E-state index contributed by atoms with van der Waals surface area (Å²) in [7, 11) is 0. The number of aromatic nitrogens is 2. The summed E-state index contributed by atoms with van der Waals surface area (Å²) in [5, 5.41) is 3.35. The van der Waals surface area contributed by atoms with Gasteiger partial charge in [-0.1, -0.05) is 0 Å². The summed E-state index contributed by atoms with van der Waals surface area (Å²) in [6.07, 6.45) is -0.0645. The third-order valence-corrected chi connectivity index (χ3v) is 7.95. The summed E-state index contributed by atoms with van der Waals surface area (Å²) in [4.78, 5) is 70.4. The number of rotatable bonds is 12. The van der Waals surface area contributed by atoms with E-state index in [2.05, 4.69) is 15.3 Å². The quantitative estimate of drug-likeness (QED) is 0.132. The molecule has 0 saturated heterocycles. The second kappa shape index (κ2) is 13.8. The second-order valence-electron chi connectivity index (χ2n) is 12.2. The maximum absolute atomic E-state index is 12.6. The molecule has 13 heteroatoms. The van der Waals surface area contributed by atoms with Gasteiger partial charge < -0.3 is 19.5 Å². The van der Waals surface area contributed by atoms with Gasteiger partial charge in [-0.05, 0) is 77.9 Å². The average molecular weight is 654 g/mol. The number of thiazole rings is 2. The molecule has 0 atom stereocenters. The molecule has 0 aliphatic carbocycles. The number of ether oxygens (including phenoxy) is 3. The average Bonchev–Trinajstić information content (AvgIpc) is 3.55. The van der Waals surface area contributed by atoms with Crippen LogP contribution in [0, 0.1) is 0 Å². The van der Waals surface area contributed by atoms with E-state index < -0.39 is 29.0 Å². The summed E-state index contributed by atoms with van der Waals surface area (Å²) in [5.74, 6) is -1.35. The van der Waals surface area contributed by atoms with E-state index in [1.165, 1.54) is 22.7 Å². The topological polar surface area (TPSA) is 151 Å². The van der Waals surface area contributed by atoms with Crippen LogP contribution < -0.4 is 10.1 Å². The lowest BCUT2D eigenvalue weighted by Crippen LogP contribution is -2.24. The molecule has 0 fully saturated rings. The molecular weight excluding hydrogens is 618 g/mol. The molecule has 2 heterocycles. The smallest absolute Gasteiger partial charge is 0.306 e. The van der Waals surface area contributed by atoms with E-state index in [-0.39, 0.29) is 53.9 Å². The molecule has 45 heavy (non-hydrogen) atoms. The summed E-state index contributed by atoms with van der Waals surface area (Å²) < 4.78 is 17.6. The Labute approximate surface area is 268 Å². The number of carbonyl (C=O) groups excluding carboxylic acids is 5.